The fraction of sp³-hybridized carbons (Fsp3) is 0.353. The van der Waals surface area contributed by atoms with Gasteiger partial charge in [-0.3, -0.25) is 0 Å². The summed E-state index contributed by atoms with van der Waals surface area (Å²) in [4.78, 5) is 24.5. The molecule has 2 amide bonds. The first-order valence-electron chi connectivity index (χ1n) is 15.2. The second-order valence-corrected chi connectivity index (χ2v) is 12.6. The Kier molecular flexibility index (Phi) is 10.0. The van der Waals surface area contributed by atoms with Crippen LogP contribution in [0.2, 0.25) is 0 Å². The van der Waals surface area contributed by atoms with Crippen LogP contribution in [0.4, 0.5) is 23.7 Å². The van der Waals surface area contributed by atoms with Gasteiger partial charge in [-0.2, -0.15) is 4.99 Å². The van der Waals surface area contributed by atoms with Gasteiger partial charge in [-0.15, -0.1) is 18.3 Å². The van der Waals surface area contributed by atoms with E-state index in [1.807, 2.05) is 31.2 Å². The smallest absolute Gasteiger partial charge is 0.406 e. The Bertz CT molecular complexity index is 1690. The number of carbonyl (C=O) groups is 1. The Labute approximate surface area is 271 Å². The van der Waals surface area contributed by atoms with Crippen LogP contribution < -0.4 is 15.0 Å². The Hall–Kier alpha value is -4.32. The van der Waals surface area contributed by atoms with E-state index in [1.54, 1.807) is 11.8 Å². The number of hydrogen-bond acceptors (Lipinski definition) is 5. The van der Waals surface area contributed by atoms with Crippen LogP contribution in [-0.4, -0.2) is 44.1 Å². The van der Waals surface area contributed by atoms with Crippen molar-refractivity contribution in [2.24, 2.45) is 4.99 Å². The molecule has 1 saturated heterocycles. The van der Waals surface area contributed by atoms with Crippen molar-refractivity contribution < 1.29 is 22.7 Å². The molecule has 1 N–H and O–H groups in total. The van der Waals surface area contributed by atoms with Crippen molar-refractivity contribution in [3.63, 3.8) is 0 Å². The number of halogens is 3. The predicted molar refractivity (Wildman–Crippen MR) is 177 cm³/mol. The molecule has 1 fully saturated rings. The van der Waals surface area contributed by atoms with E-state index < -0.39 is 6.36 Å². The molecule has 0 spiro atoms. The average Bonchev–Trinajstić information content (AvgIpc) is 3.50. The van der Waals surface area contributed by atoms with Crippen LogP contribution in [0.5, 0.6) is 5.75 Å². The van der Waals surface area contributed by atoms with Crippen LogP contribution in [0.15, 0.2) is 78.0 Å². The van der Waals surface area contributed by atoms with Crippen molar-refractivity contribution in [1.29, 1.82) is 0 Å². The predicted octanol–water partition coefficient (Wildman–Crippen LogP) is 8.81. The molecule has 0 bridgehead atoms. The number of thioether (sulfide) groups is 1. The third-order valence-corrected chi connectivity index (χ3v) is 8.84. The zero-order chi connectivity index (χ0) is 33.0. The lowest BCUT2D eigenvalue weighted by molar-refractivity contribution is -0.274. The van der Waals surface area contributed by atoms with Crippen LogP contribution in [0.25, 0.3) is 17.1 Å². The molecule has 0 saturated carbocycles. The number of aliphatic imine (C=N–C) groups is 1. The number of aromatic nitrogens is 3. The molecule has 2 unspecified atom stereocenters. The van der Waals surface area contributed by atoms with E-state index in [2.05, 4.69) is 75.9 Å². The second-order valence-electron chi connectivity index (χ2n) is 11.5. The van der Waals surface area contributed by atoms with Gasteiger partial charge in [0.15, 0.2) is 11.0 Å². The molecule has 0 radical (unpaired) electrons. The summed E-state index contributed by atoms with van der Waals surface area (Å²) in [5, 5.41) is 8.27. The lowest BCUT2D eigenvalue weighted by Gasteiger charge is -2.37. The van der Waals surface area contributed by atoms with Gasteiger partial charge in [-0.1, -0.05) is 68.9 Å². The van der Waals surface area contributed by atoms with Gasteiger partial charge < -0.3 is 15.0 Å². The minimum Gasteiger partial charge on any atom is -0.406 e. The van der Waals surface area contributed by atoms with Gasteiger partial charge in [0.05, 0.1) is 11.7 Å². The minimum atomic E-state index is -4.75. The number of carbonyl (C=O) groups excluding carboxylic acids is 1. The fourth-order valence-corrected chi connectivity index (χ4v) is 6.84. The van der Waals surface area contributed by atoms with E-state index in [-0.39, 0.29) is 23.9 Å². The molecule has 8 nitrogen and oxygen atoms in total. The van der Waals surface area contributed by atoms with E-state index in [9.17, 15) is 18.0 Å². The zero-order valence-electron chi connectivity index (χ0n) is 26.4. The van der Waals surface area contributed by atoms with Crippen LogP contribution in [-0.2, 0) is 0 Å². The van der Waals surface area contributed by atoms with E-state index in [1.165, 1.54) is 46.4 Å². The van der Waals surface area contributed by atoms with Gasteiger partial charge in [0.2, 0.25) is 0 Å². The van der Waals surface area contributed by atoms with Crippen LogP contribution in [0.3, 0.4) is 0 Å². The quantitative estimate of drug-likeness (QED) is 0.205. The number of rotatable bonds is 8. The highest BCUT2D eigenvalue weighted by Gasteiger charge is 2.31. The maximum atomic E-state index is 13.3. The Morgan fingerprint density at radius 3 is 2.48 bits per heavy atom. The fourth-order valence-electron chi connectivity index (χ4n) is 5.63. The molecule has 4 aromatic rings. The van der Waals surface area contributed by atoms with E-state index in [0.29, 0.717) is 29.0 Å². The number of nitrogens with zero attached hydrogens (tertiary/aromatic N) is 5. The number of benzene rings is 3. The van der Waals surface area contributed by atoms with Gasteiger partial charge in [-0.25, -0.2) is 14.5 Å². The van der Waals surface area contributed by atoms with Gasteiger partial charge >= 0.3 is 12.4 Å². The standard InChI is InChI=1S/C34H37F3N6O2S/c1-6-28(39-32(44)40-33-43(23(5)18-19-46-33)29-9-7-8-22(4)30(29)21(2)3)24-10-12-25(13-11-24)31-38-20-42(41-31)26-14-16-27(17-15-26)45-34(35,36)37/h7-17,20-21,23,28H,6,18-19H2,1-5H3,(H,39,44). The number of hydrogen-bond donors (Lipinski definition) is 1. The molecule has 0 aliphatic carbocycles. The van der Waals surface area contributed by atoms with Gasteiger partial charge in [0, 0.05) is 23.0 Å². The Balaban J connectivity index is 1.29. The van der Waals surface area contributed by atoms with Crippen molar-refractivity contribution in [2.45, 2.75) is 71.8 Å². The van der Waals surface area contributed by atoms with E-state index in [4.69, 9.17) is 0 Å². The van der Waals surface area contributed by atoms with E-state index in [0.717, 1.165) is 29.0 Å². The highest BCUT2D eigenvalue weighted by Crippen LogP contribution is 2.36. The second kappa shape index (κ2) is 14.0. The molecule has 242 valence electrons. The topological polar surface area (TPSA) is 84.6 Å². The summed E-state index contributed by atoms with van der Waals surface area (Å²) in [7, 11) is 0. The zero-order valence-corrected chi connectivity index (χ0v) is 27.2. The number of aryl methyl sites for hydroxylation is 1. The van der Waals surface area contributed by atoms with Crippen LogP contribution >= 0.6 is 11.8 Å². The number of amides is 2. The molecule has 3 aromatic carbocycles. The third kappa shape index (κ3) is 7.72. The molecule has 12 heteroatoms. The van der Waals surface area contributed by atoms with Gasteiger partial charge in [0.1, 0.15) is 12.1 Å². The Morgan fingerprint density at radius 2 is 1.83 bits per heavy atom. The molecule has 5 rings (SSSR count). The maximum absolute atomic E-state index is 13.3. The number of urea groups is 1. The number of nitrogens with one attached hydrogen (secondary N) is 1. The van der Waals surface area contributed by atoms with Crippen molar-refractivity contribution in [2.75, 3.05) is 10.7 Å². The first-order valence-corrected chi connectivity index (χ1v) is 16.2. The summed E-state index contributed by atoms with van der Waals surface area (Å²) in [6.07, 6.45) is -1.60. The molecular formula is C34H37F3N6O2S. The molecule has 1 aliphatic rings. The van der Waals surface area contributed by atoms with Crippen LogP contribution in [0, 0.1) is 6.92 Å². The molecular weight excluding hydrogens is 613 g/mol. The Morgan fingerprint density at radius 1 is 1.11 bits per heavy atom. The highest BCUT2D eigenvalue weighted by atomic mass is 32.2. The van der Waals surface area contributed by atoms with Gasteiger partial charge in [0.25, 0.3) is 0 Å². The summed E-state index contributed by atoms with van der Waals surface area (Å²) in [6, 6.07) is 18.9. The molecule has 2 heterocycles. The minimum absolute atomic E-state index is 0.210. The summed E-state index contributed by atoms with van der Waals surface area (Å²) in [5.41, 5.74) is 5.80. The monoisotopic (exact) mass is 650 g/mol. The number of anilines is 1. The van der Waals surface area contributed by atoms with Crippen molar-refractivity contribution >= 4 is 28.6 Å². The van der Waals surface area contributed by atoms with Gasteiger partial charge in [-0.05, 0) is 79.6 Å². The first-order chi connectivity index (χ1) is 21.9. The molecule has 46 heavy (non-hydrogen) atoms. The van der Waals surface area contributed by atoms with Crippen molar-refractivity contribution in [3.05, 3.63) is 89.7 Å². The highest BCUT2D eigenvalue weighted by molar-refractivity contribution is 8.14. The molecule has 2 atom stereocenters. The summed E-state index contributed by atoms with van der Waals surface area (Å²) in [6.45, 7) is 10.7. The molecule has 1 aliphatic heterocycles. The number of amidine groups is 1. The largest absolute Gasteiger partial charge is 0.573 e. The third-order valence-electron chi connectivity index (χ3n) is 7.85. The summed E-state index contributed by atoms with van der Waals surface area (Å²) < 4.78 is 42.8. The lowest BCUT2D eigenvalue weighted by Crippen LogP contribution is -2.43. The molecule has 1 aromatic heterocycles. The SMILES string of the molecule is CCC(NC(=O)N=C1SCCC(C)N1c1cccc(C)c1C(C)C)c1ccc(-c2ncn(-c3ccc(OC(F)(F)F)cc3)n2)cc1. The lowest BCUT2D eigenvalue weighted by atomic mass is 9.95. The number of alkyl halides is 3. The average molecular weight is 651 g/mol. The maximum Gasteiger partial charge on any atom is 0.573 e. The first kappa shape index (κ1) is 33.1. The van der Waals surface area contributed by atoms with Crippen molar-refractivity contribution in [3.8, 4) is 22.8 Å². The van der Waals surface area contributed by atoms with Crippen molar-refractivity contribution in [1.82, 2.24) is 20.1 Å². The van der Waals surface area contributed by atoms with Crippen LogP contribution in [0.1, 0.15) is 69.2 Å². The normalized spacial score (nSPS) is 16.9. The summed E-state index contributed by atoms with van der Waals surface area (Å²) >= 11 is 1.61. The summed E-state index contributed by atoms with van der Waals surface area (Å²) in [5.74, 6) is 1.36. The van der Waals surface area contributed by atoms with E-state index >= 15 is 0 Å². The number of ether oxygens (including phenoxy) is 1.